The third kappa shape index (κ3) is 5.54. The van der Waals surface area contributed by atoms with E-state index in [0.29, 0.717) is 18.4 Å². The molecule has 2 aromatic rings. The van der Waals surface area contributed by atoms with Crippen LogP contribution in [0.4, 0.5) is 11.5 Å². The van der Waals surface area contributed by atoms with E-state index in [1.807, 2.05) is 0 Å². The molecule has 1 atom stereocenters. The number of piperidine rings is 1. The van der Waals surface area contributed by atoms with Crippen LogP contribution in [0.2, 0.25) is 0 Å². The molecule has 4 heterocycles. The van der Waals surface area contributed by atoms with Crippen molar-refractivity contribution in [3.05, 3.63) is 42.6 Å². The van der Waals surface area contributed by atoms with Gasteiger partial charge in [0.1, 0.15) is 23.9 Å². The number of ether oxygens (including phenoxy) is 2. The summed E-state index contributed by atoms with van der Waals surface area (Å²) in [4.78, 5) is 23.3. The molecule has 5 rings (SSSR count). The fourth-order valence-electron chi connectivity index (χ4n) is 5.47. The van der Waals surface area contributed by atoms with Crippen molar-refractivity contribution in [2.45, 2.75) is 50.7 Å². The Morgan fingerprint density at radius 3 is 2.63 bits per heavy atom. The molecule has 0 bridgehead atoms. The van der Waals surface area contributed by atoms with Gasteiger partial charge in [0.25, 0.3) is 5.91 Å². The number of rotatable bonds is 7. The predicted octanol–water partition coefficient (Wildman–Crippen LogP) is 3.44. The molecule has 1 aromatic carbocycles. The fourth-order valence-corrected chi connectivity index (χ4v) is 5.47. The molecule has 1 amide bonds. The summed E-state index contributed by atoms with van der Waals surface area (Å²) in [6.45, 7) is 7.67. The van der Waals surface area contributed by atoms with Crippen LogP contribution in [0, 0.1) is 0 Å². The first-order valence-corrected chi connectivity index (χ1v) is 12.8. The number of hydrogen-bond acceptors (Lipinski definition) is 7. The van der Waals surface area contributed by atoms with Crippen molar-refractivity contribution >= 4 is 17.4 Å². The summed E-state index contributed by atoms with van der Waals surface area (Å²) in [5.41, 5.74) is 0.821. The Hall–Kier alpha value is -2.84. The average molecular weight is 481 g/mol. The molecule has 188 valence electrons. The van der Waals surface area contributed by atoms with Crippen molar-refractivity contribution in [1.29, 1.82) is 0 Å². The molecule has 3 aliphatic heterocycles. The number of carbonyl (C=O) groups excluding carboxylic acids is 1. The van der Waals surface area contributed by atoms with Crippen LogP contribution in [0.15, 0.2) is 42.6 Å². The average Bonchev–Trinajstić information content (AvgIpc) is 3.29. The number of carbonyl (C=O) groups is 1. The van der Waals surface area contributed by atoms with Gasteiger partial charge in [-0.1, -0.05) is 0 Å². The van der Waals surface area contributed by atoms with E-state index in [2.05, 4.69) is 46.0 Å². The Kier molecular flexibility index (Phi) is 7.11. The molecule has 8 nitrogen and oxygen atoms in total. The van der Waals surface area contributed by atoms with Gasteiger partial charge >= 0.3 is 0 Å². The van der Waals surface area contributed by atoms with Crippen LogP contribution in [0.1, 0.15) is 39.0 Å². The van der Waals surface area contributed by atoms with Crippen molar-refractivity contribution in [1.82, 2.24) is 9.88 Å². The molecular formula is C27H36N4O4. The maximum absolute atomic E-state index is 12.5. The zero-order chi connectivity index (χ0) is 24.3. The van der Waals surface area contributed by atoms with E-state index < -0.39 is 0 Å². The van der Waals surface area contributed by atoms with E-state index in [9.17, 15) is 9.90 Å². The molecule has 0 radical (unpaired) electrons. The standard InChI is InChI=1S/C27H36N4O4/c1-21-4-2-13-29(21)14-3-17-34-24-8-5-22(6-9-24)30-15-11-27(12-16-30)20-31(26(33)19-35-27)25-10-7-23(32)18-28-25/h5-10,18,21,32H,2-4,11-17,19-20H2,1H3/t21-/m1/s1. The maximum atomic E-state index is 12.5. The highest BCUT2D eigenvalue weighted by Gasteiger charge is 2.43. The third-order valence-corrected chi connectivity index (χ3v) is 7.68. The molecule has 1 spiro atoms. The Morgan fingerprint density at radius 2 is 1.94 bits per heavy atom. The van der Waals surface area contributed by atoms with Crippen LogP contribution >= 0.6 is 0 Å². The van der Waals surface area contributed by atoms with E-state index >= 15 is 0 Å². The minimum absolute atomic E-state index is 0.0608. The van der Waals surface area contributed by atoms with Crippen molar-refractivity contribution in [2.75, 3.05) is 55.7 Å². The maximum Gasteiger partial charge on any atom is 0.254 e. The van der Waals surface area contributed by atoms with Gasteiger partial charge in [0.05, 0.1) is 24.9 Å². The Bertz CT molecular complexity index is 989. The lowest BCUT2D eigenvalue weighted by atomic mass is 9.89. The summed E-state index contributed by atoms with van der Waals surface area (Å²) in [5, 5.41) is 9.52. The normalized spacial score (nSPS) is 22.7. The molecule has 0 aliphatic carbocycles. The van der Waals surface area contributed by atoms with Crippen LogP contribution in [-0.4, -0.2) is 78.5 Å². The number of morpholine rings is 1. The predicted molar refractivity (Wildman–Crippen MR) is 135 cm³/mol. The zero-order valence-corrected chi connectivity index (χ0v) is 20.6. The minimum Gasteiger partial charge on any atom is -0.506 e. The van der Waals surface area contributed by atoms with Gasteiger partial charge in [-0.2, -0.15) is 0 Å². The molecule has 3 aliphatic rings. The van der Waals surface area contributed by atoms with Gasteiger partial charge in [-0.3, -0.25) is 9.69 Å². The van der Waals surface area contributed by atoms with E-state index in [1.165, 1.54) is 31.3 Å². The monoisotopic (exact) mass is 480 g/mol. The number of anilines is 2. The number of aromatic nitrogens is 1. The second kappa shape index (κ2) is 10.4. The number of nitrogens with zero attached hydrogens (tertiary/aromatic N) is 4. The van der Waals surface area contributed by atoms with Crippen molar-refractivity contribution in [2.24, 2.45) is 0 Å². The molecule has 0 unspecified atom stereocenters. The summed E-state index contributed by atoms with van der Waals surface area (Å²) in [6, 6.07) is 12.3. The van der Waals surface area contributed by atoms with Gasteiger partial charge in [0.2, 0.25) is 0 Å². The first-order valence-electron chi connectivity index (χ1n) is 12.8. The number of hydrogen-bond donors (Lipinski definition) is 1. The van der Waals surface area contributed by atoms with Crippen LogP contribution in [-0.2, 0) is 9.53 Å². The largest absolute Gasteiger partial charge is 0.506 e. The summed E-state index contributed by atoms with van der Waals surface area (Å²) in [5.74, 6) is 1.47. The Labute approximate surface area is 207 Å². The Morgan fingerprint density at radius 1 is 1.14 bits per heavy atom. The molecular weight excluding hydrogens is 444 g/mol. The highest BCUT2D eigenvalue weighted by atomic mass is 16.5. The third-order valence-electron chi connectivity index (χ3n) is 7.68. The number of benzene rings is 1. The fraction of sp³-hybridized carbons (Fsp3) is 0.556. The minimum atomic E-state index is -0.361. The van der Waals surface area contributed by atoms with E-state index in [0.717, 1.165) is 51.3 Å². The van der Waals surface area contributed by atoms with Crippen molar-refractivity contribution in [3.8, 4) is 11.5 Å². The van der Waals surface area contributed by atoms with Gasteiger partial charge in [-0.25, -0.2) is 4.98 Å². The molecule has 1 aromatic heterocycles. The quantitative estimate of drug-likeness (QED) is 0.608. The summed E-state index contributed by atoms with van der Waals surface area (Å²) in [7, 11) is 0. The molecule has 35 heavy (non-hydrogen) atoms. The number of aromatic hydroxyl groups is 1. The number of amides is 1. The lowest BCUT2D eigenvalue weighted by Gasteiger charge is -2.47. The molecule has 8 heteroatoms. The van der Waals surface area contributed by atoms with Gasteiger partial charge in [0, 0.05) is 31.4 Å². The van der Waals surface area contributed by atoms with E-state index in [-0.39, 0.29) is 23.9 Å². The number of pyridine rings is 1. The van der Waals surface area contributed by atoms with Crippen LogP contribution in [0.3, 0.4) is 0 Å². The second-order valence-corrected chi connectivity index (χ2v) is 10.0. The van der Waals surface area contributed by atoms with Gasteiger partial charge in [-0.15, -0.1) is 0 Å². The summed E-state index contributed by atoms with van der Waals surface area (Å²) >= 11 is 0. The summed E-state index contributed by atoms with van der Waals surface area (Å²) in [6.07, 6.45) is 6.73. The summed E-state index contributed by atoms with van der Waals surface area (Å²) < 4.78 is 12.1. The highest BCUT2D eigenvalue weighted by Crippen LogP contribution is 2.34. The van der Waals surface area contributed by atoms with E-state index in [1.54, 1.807) is 17.0 Å². The molecule has 0 saturated carbocycles. The molecule has 1 N–H and O–H groups in total. The molecule has 3 saturated heterocycles. The first-order chi connectivity index (χ1) is 17.0. The van der Waals surface area contributed by atoms with Crippen molar-refractivity contribution in [3.63, 3.8) is 0 Å². The molecule has 3 fully saturated rings. The van der Waals surface area contributed by atoms with Gasteiger partial charge in [-0.05, 0) is 82.0 Å². The first kappa shape index (κ1) is 23.9. The lowest BCUT2D eigenvalue weighted by Crippen LogP contribution is -2.59. The van der Waals surface area contributed by atoms with E-state index in [4.69, 9.17) is 9.47 Å². The highest BCUT2D eigenvalue weighted by molar-refractivity contribution is 5.94. The van der Waals surface area contributed by atoms with Gasteiger partial charge < -0.3 is 24.4 Å². The van der Waals surface area contributed by atoms with Crippen LogP contribution < -0.4 is 14.5 Å². The van der Waals surface area contributed by atoms with Gasteiger partial charge in [0.15, 0.2) is 0 Å². The zero-order valence-electron chi connectivity index (χ0n) is 20.6. The second-order valence-electron chi connectivity index (χ2n) is 10.0. The Balaban J connectivity index is 1.11. The van der Waals surface area contributed by atoms with Crippen LogP contribution in [0.5, 0.6) is 11.5 Å². The SMILES string of the molecule is C[C@@H]1CCCN1CCCOc1ccc(N2CCC3(CC2)CN(c2ccc(O)cn2)C(=O)CO3)cc1. The van der Waals surface area contributed by atoms with Crippen molar-refractivity contribution < 1.29 is 19.4 Å². The number of likely N-dealkylation sites (tertiary alicyclic amines) is 1. The van der Waals surface area contributed by atoms with Crippen LogP contribution in [0.25, 0.3) is 0 Å². The topological polar surface area (TPSA) is 78.4 Å². The lowest BCUT2D eigenvalue weighted by molar-refractivity contribution is -0.141. The smallest absolute Gasteiger partial charge is 0.254 e.